The first-order valence-electron chi connectivity index (χ1n) is 3.24. The second kappa shape index (κ2) is 3.00. The maximum absolute atomic E-state index is 10.9. The number of amides is 3. The molecule has 0 saturated carbocycles. The van der Waals surface area contributed by atoms with Crippen molar-refractivity contribution >= 4 is 28.7 Å². The molecular formula is C6H7ClN2O2. The molecule has 0 unspecified atom stereocenters. The Hall–Kier alpha value is -0.900. The number of halogens is 1. The van der Waals surface area contributed by atoms with Crippen molar-refractivity contribution in [3.05, 3.63) is 0 Å². The van der Waals surface area contributed by atoms with Crippen molar-refractivity contribution in [2.24, 2.45) is 10.9 Å². The van der Waals surface area contributed by atoms with Gasteiger partial charge in [-0.25, -0.2) is 4.79 Å². The average molecular weight is 175 g/mol. The monoisotopic (exact) mass is 174 g/mol. The predicted molar refractivity (Wildman–Crippen MR) is 40.6 cm³/mol. The third-order valence-corrected chi connectivity index (χ3v) is 1.80. The summed E-state index contributed by atoms with van der Waals surface area (Å²) >= 11 is 5.54. The van der Waals surface area contributed by atoms with E-state index in [2.05, 4.69) is 10.3 Å². The Kier molecular flexibility index (Phi) is 2.24. The van der Waals surface area contributed by atoms with Gasteiger partial charge in [-0.3, -0.25) is 10.1 Å². The Labute approximate surface area is 68.6 Å². The number of nitrogens with one attached hydrogen (secondary N) is 1. The van der Waals surface area contributed by atoms with Crippen molar-refractivity contribution in [3.8, 4) is 0 Å². The van der Waals surface area contributed by atoms with E-state index < -0.39 is 11.9 Å². The van der Waals surface area contributed by atoms with Crippen LogP contribution in [0.15, 0.2) is 4.99 Å². The van der Waals surface area contributed by atoms with Gasteiger partial charge in [-0.05, 0) is 6.42 Å². The molecule has 0 bridgehead atoms. The number of nitrogens with zero attached hydrogens (tertiary/aromatic N) is 1. The van der Waals surface area contributed by atoms with E-state index in [1.165, 1.54) is 0 Å². The third-order valence-electron chi connectivity index (χ3n) is 1.45. The summed E-state index contributed by atoms with van der Waals surface area (Å²) in [5.41, 5.74) is 0. The zero-order valence-electron chi connectivity index (χ0n) is 5.93. The summed E-state index contributed by atoms with van der Waals surface area (Å²) in [5, 5.41) is 2.15. The summed E-state index contributed by atoms with van der Waals surface area (Å²) in [6.07, 6.45) is 0.557. The molecule has 1 rings (SSSR count). The van der Waals surface area contributed by atoms with E-state index >= 15 is 0 Å². The zero-order valence-corrected chi connectivity index (χ0v) is 6.68. The average Bonchev–Trinajstić information content (AvgIpc) is 1.85. The molecule has 1 heterocycles. The largest absolute Gasteiger partial charge is 0.348 e. The van der Waals surface area contributed by atoms with E-state index in [0.29, 0.717) is 6.42 Å². The topological polar surface area (TPSA) is 58.5 Å². The quantitative estimate of drug-likeness (QED) is 0.642. The van der Waals surface area contributed by atoms with Crippen LogP contribution in [-0.4, -0.2) is 17.1 Å². The highest BCUT2D eigenvalue weighted by Gasteiger charge is 2.27. The van der Waals surface area contributed by atoms with Gasteiger partial charge in [-0.1, -0.05) is 18.5 Å². The van der Waals surface area contributed by atoms with Crippen LogP contribution in [0.4, 0.5) is 4.79 Å². The highest BCUT2D eigenvalue weighted by atomic mass is 35.5. The molecular weight excluding hydrogens is 168 g/mol. The van der Waals surface area contributed by atoms with Crippen LogP contribution in [-0.2, 0) is 4.79 Å². The molecule has 0 aromatic carbocycles. The number of hydrogen-bond donors (Lipinski definition) is 1. The van der Waals surface area contributed by atoms with E-state index in [-0.39, 0.29) is 11.1 Å². The lowest BCUT2D eigenvalue weighted by molar-refractivity contribution is -0.122. The first-order chi connectivity index (χ1) is 5.15. The van der Waals surface area contributed by atoms with Crippen molar-refractivity contribution < 1.29 is 9.59 Å². The van der Waals surface area contributed by atoms with Crippen LogP contribution in [0.5, 0.6) is 0 Å². The molecule has 1 aliphatic rings. The van der Waals surface area contributed by atoms with Crippen LogP contribution in [0.2, 0.25) is 0 Å². The van der Waals surface area contributed by atoms with E-state index in [9.17, 15) is 9.59 Å². The molecule has 0 aromatic heterocycles. The molecule has 1 atom stereocenters. The summed E-state index contributed by atoms with van der Waals surface area (Å²) in [5.74, 6) is -0.813. The van der Waals surface area contributed by atoms with E-state index in [1.807, 2.05) is 0 Å². The Morgan fingerprint density at radius 3 is 2.73 bits per heavy atom. The lowest BCUT2D eigenvalue weighted by atomic mass is 10.1. The minimum Gasteiger partial charge on any atom is -0.276 e. The van der Waals surface area contributed by atoms with Gasteiger partial charge in [0.2, 0.25) is 5.91 Å². The summed E-state index contributed by atoms with van der Waals surface area (Å²) in [6, 6.07) is -0.676. The predicted octanol–water partition coefficient (Wildman–Crippen LogP) is 0.900. The van der Waals surface area contributed by atoms with Crippen LogP contribution >= 0.6 is 11.6 Å². The Balaban J connectivity index is 2.88. The standard InChI is InChI=1S/C6H7ClN2O2/c1-2-3-4(7)8-6(11)9-5(3)10/h3H,2H2,1H3,(H,9,10,11)/t3-/m0/s1. The maximum Gasteiger partial charge on any atom is 0.348 e. The minimum absolute atomic E-state index is 0.0845. The Morgan fingerprint density at radius 1 is 1.64 bits per heavy atom. The van der Waals surface area contributed by atoms with Gasteiger partial charge in [0, 0.05) is 0 Å². The molecule has 0 aliphatic carbocycles. The van der Waals surface area contributed by atoms with Crippen molar-refractivity contribution in [1.82, 2.24) is 5.32 Å². The summed E-state index contributed by atoms with van der Waals surface area (Å²) < 4.78 is 0. The molecule has 0 radical (unpaired) electrons. The number of urea groups is 1. The number of rotatable bonds is 1. The second-order valence-corrected chi connectivity index (χ2v) is 2.58. The van der Waals surface area contributed by atoms with Crippen molar-refractivity contribution in [3.63, 3.8) is 0 Å². The van der Waals surface area contributed by atoms with Gasteiger partial charge in [-0.2, -0.15) is 4.99 Å². The smallest absolute Gasteiger partial charge is 0.276 e. The first kappa shape index (κ1) is 8.20. The summed E-state index contributed by atoms with van der Waals surface area (Å²) in [6.45, 7) is 1.80. The van der Waals surface area contributed by atoms with Crippen molar-refractivity contribution in [1.29, 1.82) is 0 Å². The number of carbonyl (C=O) groups is 2. The molecule has 0 spiro atoms. The fourth-order valence-corrected chi connectivity index (χ4v) is 1.19. The van der Waals surface area contributed by atoms with Gasteiger partial charge in [0.1, 0.15) is 5.17 Å². The molecule has 60 valence electrons. The summed E-state index contributed by atoms with van der Waals surface area (Å²) in [7, 11) is 0. The van der Waals surface area contributed by atoms with E-state index in [4.69, 9.17) is 11.6 Å². The second-order valence-electron chi connectivity index (χ2n) is 2.19. The van der Waals surface area contributed by atoms with Gasteiger partial charge < -0.3 is 0 Å². The lowest BCUT2D eigenvalue weighted by Gasteiger charge is -2.15. The van der Waals surface area contributed by atoms with Crippen LogP contribution in [0.3, 0.4) is 0 Å². The number of imide groups is 1. The highest BCUT2D eigenvalue weighted by molar-refractivity contribution is 6.68. The third kappa shape index (κ3) is 1.57. The molecule has 0 fully saturated rings. The van der Waals surface area contributed by atoms with Gasteiger partial charge in [0.05, 0.1) is 5.92 Å². The SMILES string of the molecule is CC[C@@H]1C(=O)NC(=O)N=C1Cl. The molecule has 1 aliphatic heterocycles. The molecule has 3 amide bonds. The number of carbonyl (C=O) groups excluding carboxylic acids is 2. The minimum atomic E-state index is -0.676. The molecule has 5 heteroatoms. The van der Waals surface area contributed by atoms with E-state index in [0.717, 1.165) is 0 Å². The van der Waals surface area contributed by atoms with Gasteiger partial charge in [0.25, 0.3) is 0 Å². The molecule has 0 saturated heterocycles. The summed E-state index contributed by atoms with van der Waals surface area (Å²) in [4.78, 5) is 24.9. The fourth-order valence-electron chi connectivity index (χ4n) is 0.857. The van der Waals surface area contributed by atoms with Crippen molar-refractivity contribution in [2.75, 3.05) is 0 Å². The zero-order chi connectivity index (χ0) is 8.43. The van der Waals surface area contributed by atoms with Crippen LogP contribution in [0.25, 0.3) is 0 Å². The van der Waals surface area contributed by atoms with Crippen LogP contribution < -0.4 is 5.32 Å². The van der Waals surface area contributed by atoms with Gasteiger partial charge in [0.15, 0.2) is 0 Å². The van der Waals surface area contributed by atoms with Gasteiger partial charge in [-0.15, -0.1) is 0 Å². The Morgan fingerprint density at radius 2 is 2.27 bits per heavy atom. The number of aliphatic imine (C=N–C) groups is 1. The Bertz CT molecular complexity index is 237. The molecule has 1 N–H and O–H groups in total. The maximum atomic E-state index is 10.9. The molecule has 0 aromatic rings. The lowest BCUT2D eigenvalue weighted by Crippen LogP contribution is -2.41. The van der Waals surface area contributed by atoms with Crippen molar-refractivity contribution in [2.45, 2.75) is 13.3 Å². The van der Waals surface area contributed by atoms with E-state index in [1.54, 1.807) is 6.92 Å². The first-order valence-corrected chi connectivity index (χ1v) is 3.62. The van der Waals surface area contributed by atoms with Crippen LogP contribution in [0.1, 0.15) is 13.3 Å². The number of hydrogen-bond acceptors (Lipinski definition) is 2. The normalized spacial score (nSPS) is 24.5. The highest BCUT2D eigenvalue weighted by Crippen LogP contribution is 2.12. The van der Waals surface area contributed by atoms with Crippen LogP contribution in [0, 0.1) is 5.92 Å². The fraction of sp³-hybridized carbons (Fsp3) is 0.500. The van der Waals surface area contributed by atoms with Gasteiger partial charge >= 0.3 is 6.03 Å². The molecule has 4 nitrogen and oxygen atoms in total. The molecule has 11 heavy (non-hydrogen) atoms.